The van der Waals surface area contributed by atoms with Crippen molar-refractivity contribution < 1.29 is 9.53 Å². The SMILES string of the molecule is Cc1cccc(C)c1OCCCNC(=O)Nc1ncccn1. The molecule has 0 aliphatic heterocycles. The highest BCUT2D eigenvalue weighted by Crippen LogP contribution is 2.22. The maximum Gasteiger partial charge on any atom is 0.321 e. The second-order valence-corrected chi connectivity index (χ2v) is 4.88. The fourth-order valence-electron chi connectivity index (χ4n) is 1.98. The topological polar surface area (TPSA) is 76.1 Å². The van der Waals surface area contributed by atoms with Crippen LogP contribution >= 0.6 is 0 Å². The molecule has 1 aromatic heterocycles. The minimum atomic E-state index is -0.321. The molecule has 116 valence electrons. The molecule has 6 heteroatoms. The van der Waals surface area contributed by atoms with Crippen LogP contribution in [-0.4, -0.2) is 29.2 Å². The van der Waals surface area contributed by atoms with Crippen LogP contribution in [-0.2, 0) is 0 Å². The maximum absolute atomic E-state index is 11.6. The summed E-state index contributed by atoms with van der Waals surface area (Å²) in [5.41, 5.74) is 2.24. The number of anilines is 1. The van der Waals surface area contributed by atoms with E-state index < -0.39 is 0 Å². The van der Waals surface area contributed by atoms with Crippen LogP contribution < -0.4 is 15.4 Å². The zero-order chi connectivity index (χ0) is 15.8. The molecule has 2 aromatic rings. The number of nitrogens with one attached hydrogen (secondary N) is 2. The molecule has 0 bridgehead atoms. The van der Waals surface area contributed by atoms with E-state index >= 15 is 0 Å². The number of carbonyl (C=O) groups is 1. The van der Waals surface area contributed by atoms with E-state index in [9.17, 15) is 4.79 Å². The lowest BCUT2D eigenvalue weighted by atomic mass is 10.1. The first-order chi connectivity index (χ1) is 10.7. The molecule has 0 saturated heterocycles. The van der Waals surface area contributed by atoms with Crippen molar-refractivity contribution in [3.8, 4) is 5.75 Å². The van der Waals surface area contributed by atoms with E-state index in [1.165, 1.54) is 0 Å². The summed E-state index contributed by atoms with van der Waals surface area (Å²) in [6.45, 7) is 5.11. The number of para-hydroxylation sites is 1. The Hall–Kier alpha value is -2.63. The second-order valence-electron chi connectivity index (χ2n) is 4.88. The van der Waals surface area contributed by atoms with Crippen molar-refractivity contribution in [2.75, 3.05) is 18.5 Å². The van der Waals surface area contributed by atoms with Crippen LogP contribution in [0.4, 0.5) is 10.7 Å². The number of aryl methyl sites for hydroxylation is 2. The third-order valence-electron chi connectivity index (χ3n) is 3.05. The Morgan fingerprint density at radius 3 is 2.50 bits per heavy atom. The van der Waals surface area contributed by atoms with Crippen molar-refractivity contribution in [3.63, 3.8) is 0 Å². The second kappa shape index (κ2) is 7.97. The van der Waals surface area contributed by atoms with Crippen LogP contribution in [0, 0.1) is 13.8 Å². The minimum absolute atomic E-state index is 0.284. The number of carbonyl (C=O) groups excluding carboxylic acids is 1. The zero-order valence-corrected chi connectivity index (χ0v) is 12.8. The fraction of sp³-hybridized carbons (Fsp3) is 0.312. The molecule has 2 rings (SSSR count). The van der Waals surface area contributed by atoms with E-state index in [4.69, 9.17) is 4.74 Å². The summed E-state index contributed by atoms with van der Waals surface area (Å²) >= 11 is 0. The molecular formula is C16H20N4O2. The Morgan fingerprint density at radius 2 is 1.82 bits per heavy atom. The van der Waals surface area contributed by atoms with E-state index in [2.05, 4.69) is 20.6 Å². The number of ether oxygens (including phenoxy) is 1. The molecule has 1 aromatic carbocycles. The summed E-state index contributed by atoms with van der Waals surface area (Å²) in [6.07, 6.45) is 3.86. The van der Waals surface area contributed by atoms with Gasteiger partial charge < -0.3 is 10.1 Å². The van der Waals surface area contributed by atoms with Crippen LogP contribution in [0.25, 0.3) is 0 Å². The summed E-state index contributed by atoms with van der Waals surface area (Å²) < 4.78 is 5.77. The highest BCUT2D eigenvalue weighted by molar-refractivity contribution is 5.87. The average Bonchev–Trinajstić information content (AvgIpc) is 2.50. The smallest absolute Gasteiger partial charge is 0.321 e. The molecule has 2 N–H and O–H groups in total. The van der Waals surface area contributed by atoms with Gasteiger partial charge in [0.05, 0.1) is 6.61 Å². The molecule has 0 fully saturated rings. The first kappa shape index (κ1) is 15.8. The Balaban J connectivity index is 1.66. The van der Waals surface area contributed by atoms with Crippen molar-refractivity contribution in [2.45, 2.75) is 20.3 Å². The van der Waals surface area contributed by atoms with Gasteiger partial charge in [-0.3, -0.25) is 5.32 Å². The van der Waals surface area contributed by atoms with Gasteiger partial charge in [0.2, 0.25) is 5.95 Å². The first-order valence-corrected chi connectivity index (χ1v) is 7.17. The van der Waals surface area contributed by atoms with Crippen molar-refractivity contribution in [2.24, 2.45) is 0 Å². The molecule has 0 saturated carbocycles. The van der Waals surface area contributed by atoms with Gasteiger partial charge in [0.1, 0.15) is 5.75 Å². The Bertz CT molecular complexity index is 597. The highest BCUT2D eigenvalue weighted by Gasteiger charge is 2.04. The quantitative estimate of drug-likeness (QED) is 0.804. The normalized spacial score (nSPS) is 10.1. The van der Waals surface area contributed by atoms with Gasteiger partial charge in [0.15, 0.2) is 0 Å². The molecule has 0 radical (unpaired) electrons. The predicted molar refractivity (Wildman–Crippen MR) is 85.1 cm³/mol. The molecule has 6 nitrogen and oxygen atoms in total. The molecule has 1 heterocycles. The number of benzene rings is 1. The predicted octanol–water partition coefficient (Wildman–Crippen LogP) is 2.68. The lowest BCUT2D eigenvalue weighted by Gasteiger charge is -2.12. The zero-order valence-electron chi connectivity index (χ0n) is 12.8. The van der Waals surface area contributed by atoms with Gasteiger partial charge >= 0.3 is 6.03 Å². The first-order valence-electron chi connectivity index (χ1n) is 7.17. The highest BCUT2D eigenvalue weighted by atomic mass is 16.5. The Morgan fingerprint density at radius 1 is 1.14 bits per heavy atom. The van der Waals surface area contributed by atoms with Gasteiger partial charge in [-0.15, -0.1) is 0 Å². The Kier molecular flexibility index (Phi) is 5.71. The Labute approximate surface area is 129 Å². The van der Waals surface area contributed by atoms with Crippen LogP contribution in [0.2, 0.25) is 0 Å². The third kappa shape index (κ3) is 4.73. The largest absolute Gasteiger partial charge is 0.493 e. The summed E-state index contributed by atoms with van der Waals surface area (Å²) in [4.78, 5) is 19.4. The summed E-state index contributed by atoms with van der Waals surface area (Å²) in [6, 6.07) is 7.42. The van der Waals surface area contributed by atoms with Gasteiger partial charge in [-0.05, 0) is 37.5 Å². The van der Waals surface area contributed by atoms with Gasteiger partial charge in [0.25, 0.3) is 0 Å². The lowest BCUT2D eigenvalue weighted by molar-refractivity contribution is 0.250. The number of hydrogen-bond acceptors (Lipinski definition) is 4. The minimum Gasteiger partial charge on any atom is -0.493 e. The van der Waals surface area contributed by atoms with Crippen molar-refractivity contribution in [1.82, 2.24) is 15.3 Å². The maximum atomic E-state index is 11.6. The number of aromatic nitrogens is 2. The van der Waals surface area contributed by atoms with E-state index in [1.807, 2.05) is 32.0 Å². The molecule has 22 heavy (non-hydrogen) atoms. The summed E-state index contributed by atoms with van der Waals surface area (Å²) in [5.74, 6) is 1.21. The van der Waals surface area contributed by atoms with Crippen LogP contribution in [0.15, 0.2) is 36.7 Å². The number of amides is 2. The number of urea groups is 1. The summed E-state index contributed by atoms with van der Waals surface area (Å²) in [7, 11) is 0. The lowest BCUT2D eigenvalue weighted by Crippen LogP contribution is -2.30. The molecule has 0 atom stereocenters. The van der Waals surface area contributed by atoms with Crippen LogP contribution in [0.3, 0.4) is 0 Å². The van der Waals surface area contributed by atoms with E-state index in [0.717, 1.165) is 23.3 Å². The molecule has 0 aliphatic carbocycles. The van der Waals surface area contributed by atoms with Gasteiger partial charge in [0, 0.05) is 18.9 Å². The fourth-order valence-corrected chi connectivity index (χ4v) is 1.98. The monoisotopic (exact) mass is 300 g/mol. The van der Waals surface area contributed by atoms with Crippen LogP contribution in [0.1, 0.15) is 17.5 Å². The van der Waals surface area contributed by atoms with Crippen molar-refractivity contribution >= 4 is 12.0 Å². The van der Waals surface area contributed by atoms with E-state index in [0.29, 0.717) is 13.2 Å². The van der Waals surface area contributed by atoms with E-state index in [-0.39, 0.29) is 12.0 Å². The van der Waals surface area contributed by atoms with Crippen LogP contribution in [0.5, 0.6) is 5.75 Å². The van der Waals surface area contributed by atoms with Crippen molar-refractivity contribution in [1.29, 1.82) is 0 Å². The van der Waals surface area contributed by atoms with Gasteiger partial charge in [-0.1, -0.05) is 18.2 Å². The number of rotatable bonds is 6. The molecule has 0 aliphatic rings. The van der Waals surface area contributed by atoms with Crippen molar-refractivity contribution in [3.05, 3.63) is 47.8 Å². The third-order valence-corrected chi connectivity index (χ3v) is 3.05. The average molecular weight is 300 g/mol. The molecule has 2 amide bonds. The molecule has 0 spiro atoms. The number of nitrogens with zero attached hydrogens (tertiary/aromatic N) is 2. The molecule has 0 unspecified atom stereocenters. The summed E-state index contributed by atoms with van der Waals surface area (Å²) in [5, 5.41) is 5.29. The van der Waals surface area contributed by atoms with E-state index in [1.54, 1.807) is 18.5 Å². The van der Waals surface area contributed by atoms with Gasteiger partial charge in [-0.25, -0.2) is 14.8 Å². The standard InChI is InChI=1S/C16H20N4O2/c1-12-6-3-7-13(2)14(12)22-11-5-10-19-16(21)20-15-17-8-4-9-18-15/h3-4,6-9H,5,10-11H2,1-2H3,(H2,17,18,19,20,21). The van der Waals surface area contributed by atoms with Gasteiger partial charge in [-0.2, -0.15) is 0 Å². The number of hydrogen-bond donors (Lipinski definition) is 2. The molecular weight excluding hydrogens is 280 g/mol.